The summed E-state index contributed by atoms with van der Waals surface area (Å²) in [5.41, 5.74) is 1.30. The van der Waals surface area contributed by atoms with Gasteiger partial charge >= 0.3 is 0 Å². The first-order valence-corrected chi connectivity index (χ1v) is 8.95. The van der Waals surface area contributed by atoms with Gasteiger partial charge in [-0.05, 0) is 25.8 Å². The Labute approximate surface area is 132 Å². The fraction of sp³-hybridized carbons (Fsp3) is 0.688. The fourth-order valence-electron chi connectivity index (χ4n) is 2.48. The average Bonchev–Trinajstić information content (AvgIpc) is 3.02. The average molecular weight is 308 g/mol. The van der Waals surface area contributed by atoms with Crippen molar-refractivity contribution in [3.8, 4) is 0 Å². The predicted octanol–water partition coefficient (Wildman–Crippen LogP) is 3.77. The number of nitrogens with zero attached hydrogens (tertiary/aromatic N) is 3. The van der Waals surface area contributed by atoms with Gasteiger partial charge in [-0.3, -0.25) is 4.40 Å². The monoisotopic (exact) mass is 308 g/mol. The molecule has 118 valence electrons. The minimum absolute atomic E-state index is 0.668. The second-order valence-corrected chi connectivity index (χ2v) is 6.77. The van der Waals surface area contributed by atoms with E-state index in [9.17, 15) is 0 Å². The molecule has 0 spiro atoms. The Morgan fingerprint density at radius 2 is 2.19 bits per heavy atom. The summed E-state index contributed by atoms with van der Waals surface area (Å²) in [6.07, 6.45) is 4.58. The van der Waals surface area contributed by atoms with Crippen molar-refractivity contribution < 1.29 is 0 Å². The number of hydrogen-bond acceptors (Lipinski definition) is 4. The maximum atomic E-state index is 4.86. The van der Waals surface area contributed by atoms with Crippen molar-refractivity contribution in [1.29, 1.82) is 0 Å². The zero-order valence-electron chi connectivity index (χ0n) is 13.7. The van der Waals surface area contributed by atoms with Gasteiger partial charge in [-0.15, -0.1) is 11.3 Å². The van der Waals surface area contributed by atoms with Crippen molar-refractivity contribution in [1.82, 2.24) is 14.7 Å². The number of imidazole rings is 1. The van der Waals surface area contributed by atoms with Crippen LogP contribution < -0.4 is 10.2 Å². The number of thiazole rings is 1. The summed E-state index contributed by atoms with van der Waals surface area (Å²) in [7, 11) is 0. The normalized spacial score (nSPS) is 11.7. The minimum atomic E-state index is 0.668. The van der Waals surface area contributed by atoms with E-state index in [2.05, 4.69) is 53.9 Å². The Bertz CT molecular complexity index is 543. The molecule has 0 aliphatic carbocycles. The highest BCUT2D eigenvalue weighted by Crippen LogP contribution is 2.25. The van der Waals surface area contributed by atoms with E-state index < -0.39 is 0 Å². The first kappa shape index (κ1) is 16.3. The number of aromatic nitrogens is 2. The van der Waals surface area contributed by atoms with Gasteiger partial charge in [0.1, 0.15) is 0 Å². The lowest BCUT2D eigenvalue weighted by atomic mass is 10.2. The van der Waals surface area contributed by atoms with E-state index in [1.807, 2.05) is 0 Å². The van der Waals surface area contributed by atoms with E-state index in [1.54, 1.807) is 11.3 Å². The first-order valence-electron chi connectivity index (χ1n) is 8.07. The zero-order valence-corrected chi connectivity index (χ0v) is 14.5. The third-order valence-electron chi connectivity index (χ3n) is 3.65. The summed E-state index contributed by atoms with van der Waals surface area (Å²) in [5, 5.41) is 5.67. The Balaban J connectivity index is 2.21. The van der Waals surface area contributed by atoms with Crippen molar-refractivity contribution in [3.05, 3.63) is 17.3 Å². The molecule has 1 N–H and O–H groups in total. The van der Waals surface area contributed by atoms with Gasteiger partial charge in [-0.1, -0.05) is 27.2 Å². The van der Waals surface area contributed by atoms with Crippen LogP contribution in [-0.4, -0.2) is 29.0 Å². The van der Waals surface area contributed by atoms with Crippen molar-refractivity contribution in [3.63, 3.8) is 0 Å². The smallest absolute Gasteiger partial charge is 0.195 e. The van der Waals surface area contributed by atoms with Crippen LogP contribution in [0.2, 0.25) is 0 Å². The SMILES string of the molecule is CCCCN(CC)c1nc2sccn2c1CNCC(C)C. The van der Waals surface area contributed by atoms with Crippen molar-refractivity contribution in [2.45, 2.75) is 47.1 Å². The molecule has 0 aliphatic heterocycles. The van der Waals surface area contributed by atoms with Crippen molar-refractivity contribution in [2.75, 3.05) is 24.5 Å². The van der Waals surface area contributed by atoms with Crippen LogP contribution >= 0.6 is 11.3 Å². The molecule has 2 aromatic heterocycles. The van der Waals surface area contributed by atoms with Crippen LogP contribution in [0.4, 0.5) is 5.82 Å². The third kappa shape index (κ3) is 3.98. The molecule has 2 heterocycles. The van der Waals surface area contributed by atoms with Crippen LogP contribution in [0.25, 0.3) is 4.96 Å². The summed E-state index contributed by atoms with van der Waals surface area (Å²) in [5.74, 6) is 1.83. The summed E-state index contributed by atoms with van der Waals surface area (Å²) in [6, 6.07) is 0. The second-order valence-electron chi connectivity index (χ2n) is 5.90. The predicted molar refractivity (Wildman–Crippen MR) is 92.4 cm³/mol. The topological polar surface area (TPSA) is 32.6 Å². The molecule has 0 fully saturated rings. The molecule has 21 heavy (non-hydrogen) atoms. The summed E-state index contributed by atoms with van der Waals surface area (Å²) >= 11 is 1.71. The molecule has 0 aliphatic rings. The molecule has 0 atom stereocenters. The lowest BCUT2D eigenvalue weighted by Crippen LogP contribution is -2.27. The number of fused-ring (bicyclic) bond motifs is 1. The van der Waals surface area contributed by atoms with E-state index in [0.717, 1.165) is 37.0 Å². The van der Waals surface area contributed by atoms with E-state index in [1.165, 1.54) is 18.5 Å². The number of anilines is 1. The molecule has 5 heteroatoms. The zero-order chi connectivity index (χ0) is 15.2. The third-order valence-corrected chi connectivity index (χ3v) is 4.40. The highest BCUT2D eigenvalue weighted by Gasteiger charge is 2.17. The molecule has 0 aromatic carbocycles. The van der Waals surface area contributed by atoms with Crippen LogP contribution in [-0.2, 0) is 6.54 Å². The second kappa shape index (κ2) is 7.80. The molecule has 0 radical (unpaired) electrons. The van der Waals surface area contributed by atoms with Gasteiger partial charge < -0.3 is 10.2 Å². The lowest BCUT2D eigenvalue weighted by Gasteiger charge is -2.22. The molecule has 0 unspecified atom stereocenters. The highest BCUT2D eigenvalue weighted by molar-refractivity contribution is 7.15. The number of hydrogen-bond donors (Lipinski definition) is 1. The van der Waals surface area contributed by atoms with Gasteiger partial charge in [0.05, 0.1) is 5.69 Å². The lowest BCUT2D eigenvalue weighted by molar-refractivity contribution is 0.546. The molecule has 0 saturated carbocycles. The van der Waals surface area contributed by atoms with E-state index in [4.69, 9.17) is 4.98 Å². The molecule has 2 rings (SSSR count). The number of unbranched alkanes of at least 4 members (excludes halogenated alkanes) is 1. The molecule has 0 amide bonds. The maximum Gasteiger partial charge on any atom is 0.195 e. The van der Waals surface area contributed by atoms with Gasteiger partial charge in [-0.25, -0.2) is 4.98 Å². The quantitative estimate of drug-likeness (QED) is 0.765. The Morgan fingerprint density at radius 1 is 1.38 bits per heavy atom. The molecule has 0 bridgehead atoms. The molecular formula is C16H28N4S. The highest BCUT2D eigenvalue weighted by atomic mass is 32.1. The summed E-state index contributed by atoms with van der Waals surface area (Å²) in [4.78, 5) is 8.37. The Hall–Kier alpha value is -1.07. The van der Waals surface area contributed by atoms with Crippen LogP contribution in [0, 0.1) is 5.92 Å². The van der Waals surface area contributed by atoms with Crippen LogP contribution in [0.1, 0.15) is 46.2 Å². The molecular weight excluding hydrogens is 280 g/mol. The number of rotatable bonds is 9. The standard InChI is InChI=1S/C16H28N4S/c1-5-7-8-19(6-2)15-14(12-17-11-13(3)4)20-9-10-21-16(20)18-15/h9-10,13,17H,5-8,11-12H2,1-4H3. The van der Waals surface area contributed by atoms with Crippen molar-refractivity contribution in [2.24, 2.45) is 5.92 Å². The van der Waals surface area contributed by atoms with Crippen LogP contribution in [0.5, 0.6) is 0 Å². The van der Waals surface area contributed by atoms with E-state index in [0.29, 0.717) is 5.92 Å². The minimum Gasteiger partial charge on any atom is -0.355 e. The molecule has 4 nitrogen and oxygen atoms in total. The van der Waals surface area contributed by atoms with Gasteiger partial charge in [0.25, 0.3) is 0 Å². The van der Waals surface area contributed by atoms with Gasteiger partial charge in [0, 0.05) is 31.2 Å². The molecule has 2 aromatic rings. The summed E-state index contributed by atoms with van der Waals surface area (Å²) < 4.78 is 2.24. The molecule has 0 saturated heterocycles. The van der Waals surface area contributed by atoms with Gasteiger partial charge in [0.2, 0.25) is 0 Å². The Kier molecular flexibility index (Phi) is 6.06. The summed E-state index contributed by atoms with van der Waals surface area (Å²) in [6.45, 7) is 13.0. The van der Waals surface area contributed by atoms with Gasteiger partial charge in [0.15, 0.2) is 10.8 Å². The Morgan fingerprint density at radius 3 is 2.86 bits per heavy atom. The van der Waals surface area contributed by atoms with E-state index in [-0.39, 0.29) is 0 Å². The number of nitrogens with one attached hydrogen (secondary N) is 1. The first-order chi connectivity index (χ1) is 10.2. The van der Waals surface area contributed by atoms with E-state index >= 15 is 0 Å². The maximum absolute atomic E-state index is 4.86. The largest absolute Gasteiger partial charge is 0.355 e. The van der Waals surface area contributed by atoms with Crippen LogP contribution in [0.3, 0.4) is 0 Å². The van der Waals surface area contributed by atoms with Gasteiger partial charge in [-0.2, -0.15) is 0 Å². The van der Waals surface area contributed by atoms with Crippen molar-refractivity contribution >= 4 is 22.1 Å². The fourth-order valence-corrected chi connectivity index (χ4v) is 3.21. The van der Waals surface area contributed by atoms with Crippen LogP contribution in [0.15, 0.2) is 11.6 Å².